The van der Waals surface area contributed by atoms with Crippen molar-refractivity contribution in [2.75, 3.05) is 0 Å². The summed E-state index contributed by atoms with van der Waals surface area (Å²) >= 11 is 12.8. The molecule has 2 heterocycles. The van der Waals surface area contributed by atoms with E-state index in [0.717, 1.165) is 25.7 Å². The molecule has 2 aromatic rings. The van der Waals surface area contributed by atoms with Gasteiger partial charge in [-0.15, -0.1) is 0 Å². The number of hydrogen-bond donors (Lipinski definition) is 0. The summed E-state index contributed by atoms with van der Waals surface area (Å²) in [5.74, 6) is -0.265. The van der Waals surface area contributed by atoms with Gasteiger partial charge in [0, 0.05) is 28.9 Å². The molecule has 0 amide bonds. The van der Waals surface area contributed by atoms with Crippen molar-refractivity contribution < 1.29 is 27.5 Å². The Morgan fingerprint density at radius 3 is 2.24 bits per heavy atom. The molecule has 5 nitrogen and oxygen atoms in total. The lowest BCUT2D eigenvalue weighted by molar-refractivity contribution is -0.267. The fourth-order valence-electron chi connectivity index (χ4n) is 5.85. The molecule has 2 bridgehead atoms. The number of aromatic nitrogens is 1. The number of benzene rings is 1. The molecule has 1 aromatic heterocycles. The van der Waals surface area contributed by atoms with E-state index in [1.807, 2.05) is 0 Å². The van der Waals surface area contributed by atoms with Crippen LogP contribution in [0.15, 0.2) is 35.2 Å². The predicted molar refractivity (Wildman–Crippen MR) is 117 cm³/mol. The Morgan fingerprint density at radius 1 is 1.03 bits per heavy atom. The van der Waals surface area contributed by atoms with E-state index in [-0.39, 0.29) is 37.2 Å². The number of nitrogens with zero attached hydrogens (tertiary/aromatic N) is 1. The summed E-state index contributed by atoms with van der Waals surface area (Å²) in [5.41, 5.74) is 0.0446. The largest absolute Gasteiger partial charge is 0.456 e. The third-order valence-electron chi connectivity index (χ3n) is 7.61. The SMILES string of the molecule is FC(F)C1(OCc2c(-c3c(Cl)cccc3Cl)noc2C2CC2)C[C@H]2CC[C@@H](C1)C21OC=CO1. The van der Waals surface area contributed by atoms with E-state index in [4.69, 9.17) is 41.9 Å². The van der Waals surface area contributed by atoms with Gasteiger partial charge in [-0.1, -0.05) is 34.4 Å². The summed E-state index contributed by atoms with van der Waals surface area (Å²) in [6.07, 6.45) is 4.17. The maximum absolute atomic E-state index is 14.6. The molecule has 0 radical (unpaired) electrons. The van der Waals surface area contributed by atoms with Gasteiger partial charge >= 0.3 is 0 Å². The molecule has 0 saturated heterocycles. The third-order valence-corrected chi connectivity index (χ3v) is 8.24. The highest BCUT2D eigenvalue weighted by molar-refractivity contribution is 6.39. The lowest BCUT2D eigenvalue weighted by Crippen LogP contribution is -2.56. The first kappa shape index (κ1) is 21.7. The first-order valence-corrected chi connectivity index (χ1v) is 12.0. The second-order valence-corrected chi connectivity index (χ2v) is 10.3. The minimum atomic E-state index is -2.65. The van der Waals surface area contributed by atoms with E-state index in [0.29, 0.717) is 32.6 Å². The molecule has 9 heteroatoms. The van der Waals surface area contributed by atoms with E-state index < -0.39 is 17.8 Å². The highest BCUT2D eigenvalue weighted by Gasteiger charge is 2.65. The number of hydrogen-bond acceptors (Lipinski definition) is 5. The van der Waals surface area contributed by atoms with E-state index in [1.54, 1.807) is 18.2 Å². The normalized spacial score (nSPS) is 29.6. The first-order chi connectivity index (χ1) is 15.9. The molecule has 1 spiro atoms. The van der Waals surface area contributed by atoms with Crippen molar-refractivity contribution in [2.24, 2.45) is 11.8 Å². The van der Waals surface area contributed by atoms with Gasteiger partial charge in [0.25, 0.3) is 12.2 Å². The van der Waals surface area contributed by atoms with Gasteiger partial charge in [0.15, 0.2) is 0 Å². The third kappa shape index (κ3) is 3.38. The van der Waals surface area contributed by atoms with Crippen LogP contribution in [-0.2, 0) is 20.8 Å². The highest BCUT2D eigenvalue weighted by atomic mass is 35.5. The summed E-state index contributed by atoms with van der Waals surface area (Å²) in [5, 5.41) is 5.08. The van der Waals surface area contributed by atoms with Gasteiger partial charge in [0.2, 0.25) is 0 Å². The number of ether oxygens (including phenoxy) is 3. The monoisotopic (exact) mass is 497 g/mol. The molecule has 3 atom stereocenters. The molecule has 176 valence electrons. The van der Waals surface area contributed by atoms with Crippen molar-refractivity contribution in [3.05, 3.63) is 52.1 Å². The van der Waals surface area contributed by atoms with Crippen LogP contribution in [-0.4, -0.2) is 23.0 Å². The first-order valence-electron chi connectivity index (χ1n) is 11.3. The maximum atomic E-state index is 14.6. The van der Waals surface area contributed by atoms with Crippen LogP contribution in [0.1, 0.15) is 55.8 Å². The highest BCUT2D eigenvalue weighted by Crippen LogP contribution is 2.59. The van der Waals surface area contributed by atoms with E-state index in [1.165, 1.54) is 12.5 Å². The summed E-state index contributed by atoms with van der Waals surface area (Å²) in [6, 6.07) is 5.18. The minimum absolute atomic E-state index is 0.0526. The number of halogens is 4. The zero-order valence-electron chi connectivity index (χ0n) is 17.7. The number of alkyl halides is 2. The fourth-order valence-corrected chi connectivity index (χ4v) is 6.42. The molecule has 3 aliphatic carbocycles. The summed E-state index contributed by atoms with van der Waals surface area (Å²) in [7, 11) is 0. The maximum Gasteiger partial charge on any atom is 0.267 e. The Hall–Kier alpha value is -1.83. The van der Waals surface area contributed by atoms with Crippen molar-refractivity contribution in [1.29, 1.82) is 0 Å². The van der Waals surface area contributed by atoms with E-state index in [2.05, 4.69) is 5.16 Å². The molecule has 3 fully saturated rings. The Kier molecular flexibility index (Phi) is 5.16. The van der Waals surface area contributed by atoms with Crippen molar-refractivity contribution in [1.82, 2.24) is 5.16 Å². The van der Waals surface area contributed by atoms with Gasteiger partial charge in [0.1, 0.15) is 29.6 Å². The molecular formula is C24H23Cl2F2NO4. The topological polar surface area (TPSA) is 53.7 Å². The molecule has 0 N–H and O–H groups in total. The summed E-state index contributed by atoms with van der Waals surface area (Å²) < 4.78 is 52.6. The van der Waals surface area contributed by atoms with Gasteiger partial charge in [0.05, 0.1) is 16.7 Å². The van der Waals surface area contributed by atoms with Crippen molar-refractivity contribution >= 4 is 23.2 Å². The Morgan fingerprint density at radius 2 is 1.67 bits per heavy atom. The standard InChI is InChI=1S/C24H23Cl2F2NO4/c25-17-2-1-3-18(26)19(17)20-16(21(33-29-20)13-4-5-13)12-32-23(22(27)28)10-14-6-7-15(11-23)24(14)30-8-9-31-24/h1-3,8-9,13-15,22H,4-7,10-12H2/t14-,15+,23?. The molecule has 33 heavy (non-hydrogen) atoms. The van der Waals surface area contributed by atoms with Crippen molar-refractivity contribution in [3.63, 3.8) is 0 Å². The molecule has 1 aliphatic heterocycles. The smallest absolute Gasteiger partial charge is 0.267 e. The second-order valence-electron chi connectivity index (χ2n) is 9.51. The zero-order chi connectivity index (χ0) is 22.8. The molecule has 1 unspecified atom stereocenters. The number of rotatable bonds is 6. The molecule has 6 rings (SSSR count). The van der Waals surface area contributed by atoms with Crippen LogP contribution >= 0.6 is 23.2 Å². The fraction of sp³-hybridized carbons (Fsp3) is 0.542. The zero-order valence-corrected chi connectivity index (χ0v) is 19.2. The van der Waals surface area contributed by atoms with Gasteiger partial charge < -0.3 is 18.7 Å². The van der Waals surface area contributed by atoms with Gasteiger partial charge in [-0.05, 0) is 50.7 Å². The average Bonchev–Trinajstić information content (AvgIpc) is 3.32. The van der Waals surface area contributed by atoms with Crippen LogP contribution in [0.25, 0.3) is 11.3 Å². The van der Waals surface area contributed by atoms with Crippen LogP contribution in [0.4, 0.5) is 8.78 Å². The Bertz CT molecular complexity index is 1060. The quantitative estimate of drug-likeness (QED) is 0.426. The van der Waals surface area contributed by atoms with Gasteiger partial charge in [-0.2, -0.15) is 0 Å². The predicted octanol–water partition coefficient (Wildman–Crippen LogP) is 7.08. The second kappa shape index (κ2) is 7.85. The van der Waals surface area contributed by atoms with E-state index in [9.17, 15) is 8.78 Å². The Labute approximate surface area is 199 Å². The van der Waals surface area contributed by atoms with Crippen LogP contribution in [0.3, 0.4) is 0 Å². The van der Waals surface area contributed by atoms with Crippen molar-refractivity contribution in [2.45, 2.75) is 68.9 Å². The molecule has 1 aromatic carbocycles. The van der Waals surface area contributed by atoms with Crippen LogP contribution in [0.2, 0.25) is 10.0 Å². The van der Waals surface area contributed by atoms with Gasteiger partial charge in [-0.25, -0.2) is 8.78 Å². The lowest BCUT2D eigenvalue weighted by atomic mass is 9.73. The van der Waals surface area contributed by atoms with Crippen LogP contribution in [0.5, 0.6) is 0 Å². The average molecular weight is 498 g/mol. The van der Waals surface area contributed by atoms with Gasteiger partial charge in [-0.3, -0.25) is 0 Å². The summed E-state index contributed by atoms with van der Waals surface area (Å²) in [4.78, 5) is 0. The summed E-state index contributed by atoms with van der Waals surface area (Å²) in [6.45, 7) is -0.0526. The van der Waals surface area contributed by atoms with Crippen molar-refractivity contribution in [3.8, 4) is 11.3 Å². The lowest BCUT2D eigenvalue weighted by Gasteiger charge is -2.47. The molecule has 3 saturated carbocycles. The van der Waals surface area contributed by atoms with E-state index >= 15 is 0 Å². The molecular weight excluding hydrogens is 475 g/mol. The van der Waals surface area contributed by atoms with Crippen LogP contribution in [0, 0.1) is 11.8 Å². The van der Waals surface area contributed by atoms with Crippen LogP contribution < -0.4 is 0 Å². The molecule has 4 aliphatic rings. The minimum Gasteiger partial charge on any atom is -0.456 e. The Balaban J connectivity index is 1.32.